The van der Waals surface area contributed by atoms with Crippen molar-refractivity contribution < 1.29 is 9.53 Å². The first-order chi connectivity index (χ1) is 7.44. The van der Waals surface area contributed by atoms with Gasteiger partial charge in [-0.25, -0.2) is 0 Å². The third-order valence-electron chi connectivity index (χ3n) is 2.40. The monoisotopic (exact) mass is 221 g/mol. The van der Waals surface area contributed by atoms with E-state index >= 15 is 0 Å². The second-order valence-electron chi connectivity index (χ2n) is 4.42. The molecule has 0 saturated carbocycles. The van der Waals surface area contributed by atoms with Crippen LogP contribution in [0.2, 0.25) is 0 Å². The highest BCUT2D eigenvalue weighted by atomic mass is 16.5. The number of ether oxygens (including phenoxy) is 1. The average Bonchev–Trinajstić information content (AvgIpc) is 2.17. The zero-order valence-corrected chi connectivity index (χ0v) is 10.1. The first-order valence-electron chi connectivity index (χ1n) is 5.46. The summed E-state index contributed by atoms with van der Waals surface area (Å²) in [4.78, 5) is 11.5. The van der Waals surface area contributed by atoms with Gasteiger partial charge in [0, 0.05) is 6.42 Å². The highest BCUT2D eigenvalue weighted by Crippen LogP contribution is 2.19. The molecule has 1 atom stereocenters. The largest absolute Gasteiger partial charge is 0.367 e. The minimum Gasteiger partial charge on any atom is -0.367 e. The quantitative estimate of drug-likeness (QED) is 0.825. The van der Waals surface area contributed by atoms with Gasteiger partial charge in [0.25, 0.3) is 0 Å². The Morgan fingerprint density at radius 3 is 2.38 bits per heavy atom. The molecular formula is C13H19NO2. The Bertz CT molecular complexity index is 348. The molecule has 1 aromatic carbocycles. The summed E-state index contributed by atoms with van der Waals surface area (Å²) in [6.45, 7) is 5.53. The van der Waals surface area contributed by atoms with Crippen LogP contribution in [0.25, 0.3) is 0 Å². The van der Waals surface area contributed by atoms with Crippen LogP contribution >= 0.6 is 0 Å². The molecule has 0 radical (unpaired) electrons. The molecule has 0 saturated heterocycles. The summed E-state index contributed by atoms with van der Waals surface area (Å²) in [5, 5.41) is 0. The maximum absolute atomic E-state index is 11.5. The molecule has 0 spiro atoms. The van der Waals surface area contributed by atoms with E-state index in [1.807, 2.05) is 44.2 Å². The molecular weight excluding hydrogens is 202 g/mol. The Kier molecular flexibility index (Phi) is 4.07. The van der Waals surface area contributed by atoms with E-state index in [1.54, 1.807) is 6.92 Å². The van der Waals surface area contributed by atoms with Gasteiger partial charge in [0.15, 0.2) is 0 Å². The smallest absolute Gasteiger partial charge is 0.249 e. The van der Waals surface area contributed by atoms with Crippen molar-refractivity contribution in [3.63, 3.8) is 0 Å². The minimum atomic E-state index is -0.935. The molecule has 16 heavy (non-hydrogen) atoms. The van der Waals surface area contributed by atoms with Crippen LogP contribution in [0.1, 0.15) is 26.3 Å². The minimum absolute atomic E-state index is 0.0267. The SMILES string of the molecule is CC(C)OC(C)(Cc1ccccc1)C(N)=O. The number of rotatable bonds is 5. The number of benzene rings is 1. The van der Waals surface area contributed by atoms with Crippen molar-refractivity contribution in [2.75, 3.05) is 0 Å². The zero-order chi connectivity index (χ0) is 12.2. The fraction of sp³-hybridized carbons (Fsp3) is 0.462. The van der Waals surface area contributed by atoms with Gasteiger partial charge >= 0.3 is 0 Å². The van der Waals surface area contributed by atoms with E-state index in [9.17, 15) is 4.79 Å². The lowest BCUT2D eigenvalue weighted by Crippen LogP contribution is -2.47. The molecule has 3 heteroatoms. The zero-order valence-electron chi connectivity index (χ0n) is 10.1. The van der Waals surface area contributed by atoms with Crippen molar-refractivity contribution in [3.8, 4) is 0 Å². The Morgan fingerprint density at radius 2 is 1.94 bits per heavy atom. The Balaban J connectivity index is 2.83. The molecule has 0 bridgehead atoms. The molecule has 0 fully saturated rings. The van der Waals surface area contributed by atoms with Crippen LogP contribution in [-0.2, 0) is 16.0 Å². The molecule has 0 aliphatic carbocycles. The number of carbonyl (C=O) groups is 1. The van der Waals surface area contributed by atoms with Crippen molar-refractivity contribution in [1.29, 1.82) is 0 Å². The predicted octanol–water partition coefficient (Wildman–Crippen LogP) is 1.90. The lowest BCUT2D eigenvalue weighted by Gasteiger charge is -2.28. The molecule has 0 aliphatic heterocycles. The molecule has 1 rings (SSSR count). The molecule has 88 valence electrons. The van der Waals surface area contributed by atoms with Gasteiger partial charge in [0.1, 0.15) is 5.60 Å². The lowest BCUT2D eigenvalue weighted by atomic mass is 9.95. The van der Waals surface area contributed by atoms with Gasteiger partial charge in [0.05, 0.1) is 6.10 Å². The van der Waals surface area contributed by atoms with Gasteiger partial charge in [-0.3, -0.25) is 4.79 Å². The van der Waals surface area contributed by atoms with Gasteiger partial charge in [-0.1, -0.05) is 30.3 Å². The van der Waals surface area contributed by atoms with Crippen LogP contribution in [0.5, 0.6) is 0 Å². The lowest BCUT2D eigenvalue weighted by molar-refractivity contribution is -0.146. The van der Waals surface area contributed by atoms with E-state index in [0.29, 0.717) is 6.42 Å². The summed E-state index contributed by atoms with van der Waals surface area (Å²) in [6, 6.07) is 9.74. The van der Waals surface area contributed by atoms with E-state index in [1.165, 1.54) is 0 Å². The number of primary amides is 1. The van der Waals surface area contributed by atoms with Crippen molar-refractivity contribution in [2.24, 2.45) is 5.73 Å². The summed E-state index contributed by atoms with van der Waals surface area (Å²) in [6.07, 6.45) is 0.475. The van der Waals surface area contributed by atoms with Crippen molar-refractivity contribution in [1.82, 2.24) is 0 Å². The fourth-order valence-corrected chi connectivity index (χ4v) is 1.69. The maximum Gasteiger partial charge on any atom is 0.249 e. The summed E-state index contributed by atoms with van der Waals surface area (Å²) < 4.78 is 5.63. The molecule has 0 aromatic heterocycles. The van der Waals surface area contributed by atoms with E-state index in [0.717, 1.165) is 5.56 Å². The first kappa shape index (κ1) is 12.7. The normalized spacial score (nSPS) is 14.8. The Morgan fingerprint density at radius 1 is 1.38 bits per heavy atom. The van der Waals surface area contributed by atoms with Gasteiger partial charge < -0.3 is 10.5 Å². The highest BCUT2D eigenvalue weighted by Gasteiger charge is 2.33. The van der Waals surface area contributed by atoms with Gasteiger partial charge in [0.2, 0.25) is 5.91 Å². The van der Waals surface area contributed by atoms with Gasteiger partial charge in [-0.2, -0.15) is 0 Å². The topological polar surface area (TPSA) is 52.3 Å². The summed E-state index contributed by atoms with van der Waals surface area (Å²) >= 11 is 0. The van der Waals surface area contributed by atoms with Crippen molar-refractivity contribution in [2.45, 2.75) is 38.9 Å². The van der Waals surface area contributed by atoms with E-state index < -0.39 is 11.5 Å². The molecule has 1 aromatic rings. The molecule has 2 N–H and O–H groups in total. The van der Waals surface area contributed by atoms with Crippen LogP contribution in [0.3, 0.4) is 0 Å². The van der Waals surface area contributed by atoms with Crippen molar-refractivity contribution >= 4 is 5.91 Å². The van der Waals surface area contributed by atoms with Crippen LogP contribution < -0.4 is 5.73 Å². The van der Waals surface area contributed by atoms with Crippen LogP contribution in [0, 0.1) is 0 Å². The number of nitrogens with two attached hydrogens (primary N) is 1. The Hall–Kier alpha value is -1.35. The van der Waals surface area contributed by atoms with E-state index in [-0.39, 0.29) is 6.10 Å². The molecule has 1 unspecified atom stereocenters. The molecule has 0 heterocycles. The number of amides is 1. The third-order valence-corrected chi connectivity index (χ3v) is 2.40. The number of hydrogen-bond acceptors (Lipinski definition) is 2. The number of carbonyl (C=O) groups excluding carboxylic acids is 1. The van der Waals surface area contributed by atoms with Crippen molar-refractivity contribution in [3.05, 3.63) is 35.9 Å². The summed E-state index contributed by atoms with van der Waals surface area (Å²) in [5.74, 6) is -0.426. The summed E-state index contributed by atoms with van der Waals surface area (Å²) in [5.41, 5.74) is 5.51. The maximum atomic E-state index is 11.5. The van der Waals surface area contributed by atoms with E-state index in [2.05, 4.69) is 0 Å². The molecule has 3 nitrogen and oxygen atoms in total. The highest BCUT2D eigenvalue weighted by molar-refractivity contribution is 5.83. The summed E-state index contributed by atoms with van der Waals surface area (Å²) in [7, 11) is 0. The number of hydrogen-bond donors (Lipinski definition) is 1. The Labute approximate surface area is 96.6 Å². The standard InChI is InChI=1S/C13H19NO2/c1-10(2)16-13(3,12(14)15)9-11-7-5-4-6-8-11/h4-8,10H,9H2,1-3H3,(H2,14,15). The third kappa shape index (κ3) is 3.35. The first-order valence-corrected chi connectivity index (χ1v) is 5.46. The average molecular weight is 221 g/mol. The second-order valence-corrected chi connectivity index (χ2v) is 4.42. The molecule has 0 aliphatic rings. The molecule has 1 amide bonds. The van der Waals surface area contributed by atoms with Crippen LogP contribution in [0.4, 0.5) is 0 Å². The predicted molar refractivity (Wildman–Crippen MR) is 64.0 cm³/mol. The van der Waals surface area contributed by atoms with Crippen LogP contribution in [0.15, 0.2) is 30.3 Å². The van der Waals surface area contributed by atoms with Gasteiger partial charge in [-0.05, 0) is 26.3 Å². The fourth-order valence-electron chi connectivity index (χ4n) is 1.69. The second kappa shape index (κ2) is 5.12. The van der Waals surface area contributed by atoms with Crippen LogP contribution in [-0.4, -0.2) is 17.6 Å². The van der Waals surface area contributed by atoms with Gasteiger partial charge in [-0.15, -0.1) is 0 Å². The van der Waals surface area contributed by atoms with E-state index in [4.69, 9.17) is 10.5 Å².